The summed E-state index contributed by atoms with van der Waals surface area (Å²) in [5.41, 5.74) is 0.569. The first kappa shape index (κ1) is 11.4. The molecule has 0 spiro atoms. The second kappa shape index (κ2) is 4.39. The Bertz CT molecular complexity index is 424. The van der Waals surface area contributed by atoms with E-state index in [2.05, 4.69) is 5.32 Å². The lowest BCUT2D eigenvalue weighted by Crippen LogP contribution is -2.21. The monoisotopic (exact) mass is 243 g/mol. The Morgan fingerprint density at radius 2 is 2.25 bits per heavy atom. The minimum absolute atomic E-state index is 0.0300. The summed E-state index contributed by atoms with van der Waals surface area (Å²) in [7, 11) is 0. The Morgan fingerprint density at radius 1 is 1.50 bits per heavy atom. The summed E-state index contributed by atoms with van der Waals surface area (Å²) in [4.78, 5) is 11.0. The van der Waals surface area contributed by atoms with Gasteiger partial charge in [-0.2, -0.15) is 0 Å². The number of benzene rings is 1. The lowest BCUT2D eigenvalue weighted by molar-refractivity contribution is -0.141. The van der Waals surface area contributed by atoms with Crippen molar-refractivity contribution in [1.82, 2.24) is 5.32 Å². The molecule has 0 radical (unpaired) electrons. The zero-order chi connectivity index (χ0) is 11.7. The highest BCUT2D eigenvalue weighted by Crippen LogP contribution is 2.34. The van der Waals surface area contributed by atoms with E-state index >= 15 is 0 Å². The summed E-state index contributed by atoms with van der Waals surface area (Å²) in [5, 5.41) is 12.0. The minimum atomic E-state index is -0.879. The highest BCUT2D eigenvalue weighted by Gasteiger charge is 2.35. The summed E-state index contributed by atoms with van der Waals surface area (Å²) >= 11 is 5.85. The topological polar surface area (TPSA) is 49.3 Å². The third-order valence-electron chi connectivity index (χ3n) is 2.91. The molecule has 86 valence electrons. The molecular formula is C11H11ClFNO2. The largest absolute Gasteiger partial charge is 0.481 e. The van der Waals surface area contributed by atoms with E-state index in [4.69, 9.17) is 16.7 Å². The van der Waals surface area contributed by atoms with Crippen molar-refractivity contribution < 1.29 is 14.3 Å². The van der Waals surface area contributed by atoms with E-state index in [0.29, 0.717) is 18.7 Å². The molecule has 1 fully saturated rings. The van der Waals surface area contributed by atoms with E-state index in [0.717, 1.165) is 0 Å². The maximum atomic E-state index is 13.3. The molecule has 0 aliphatic carbocycles. The molecule has 16 heavy (non-hydrogen) atoms. The molecule has 0 amide bonds. The zero-order valence-electron chi connectivity index (χ0n) is 8.41. The van der Waals surface area contributed by atoms with E-state index < -0.39 is 17.7 Å². The number of hydrogen-bond donors (Lipinski definition) is 2. The van der Waals surface area contributed by atoms with Gasteiger partial charge in [0.2, 0.25) is 0 Å². The second-order valence-corrected chi connectivity index (χ2v) is 4.23. The summed E-state index contributed by atoms with van der Waals surface area (Å²) < 4.78 is 13.3. The second-order valence-electron chi connectivity index (χ2n) is 3.85. The van der Waals surface area contributed by atoms with Gasteiger partial charge in [0.05, 0.1) is 10.9 Å². The van der Waals surface area contributed by atoms with Gasteiger partial charge in [-0.3, -0.25) is 4.79 Å². The van der Waals surface area contributed by atoms with Gasteiger partial charge in [-0.05, 0) is 11.6 Å². The van der Waals surface area contributed by atoms with Crippen molar-refractivity contribution >= 4 is 17.6 Å². The standard InChI is InChI=1S/C11H11ClFNO2/c12-10-6(2-1-3-9(10)13)7-4-14-5-8(7)11(15)16/h1-3,7-8,14H,4-5H2,(H,15,16). The highest BCUT2D eigenvalue weighted by molar-refractivity contribution is 6.31. The van der Waals surface area contributed by atoms with Crippen LogP contribution in [0.15, 0.2) is 18.2 Å². The van der Waals surface area contributed by atoms with Crippen LogP contribution >= 0.6 is 11.6 Å². The molecule has 5 heteroatoms. The fraction of sp³-hybridized carbons (Fsp3) is 0.364. The molecule has 1 aliphatic heterocycles. The van der Waals surface area contributed by atoms with Gasteiger partial charge in [0.15, 0.2) is 0 Å². The highest BCUT2D eigenvalue weighted by atomic mass is 35.5. The quantitative estimate of drug-likeness (QED) is 0.834. The number of carbonyl (C=O) groups is 1. The maximum absolute atomic E-state index is 13.3. The van der Waals surface area contributed by atoms with Crippen LogP contribution in [0.5, 0.6) is 0 Å². The van der Waals surface area contributed by atoms with Gasteiger partial charge >= 0.3 is 5.97 Å². The van der Waals surface area contributed by atoms with E-state index in [-0.39, 0.29) is 10.9 Å². The third-order valence-corrected chi connectivity index (χ3v) is 3.31. The number of nitrogens with one attached hydrogen (secondary N) is 1. The van der Waals surface area contributed by atoms with Gasteiger partial charge in [0, 0.05) is 19.0 Å². The van der Waals surface area contributed by atoms with Crippen LogP contribution < -0.4 is 5.32 Å². The maximum Gasteiger partial charge on any atom is 0.308 e. The van der Waals surface area contributed by atoms with Crippen LogP contribution in [0.1, 0.15) is 11.5 Å². The summed E-state index contributed by atoms with van der Waals surface area (Å²) in [5.74, 6) is -2.19. The lowest BCUT2D eigenvalue weighted by Gasteiger charge is -2.16. The van der Waals surface area contributed by atoms with Crippen LogP contribution in [0.2, 0.25) is 5.02 Å². The lowest BCUT2D eigenvalue weighted by atomic mass is 9.89. The van der Waals surface area contributed by atoms with Gasteiger partial charge in [0.25, 0.3) is 0 Å². The molecule has 0 saturated carbocycles. The van der Waals surface area contributed by atoms with Crippen molar-refractivity contribution in [2.24, 2.45) is 5.92 Å². The molecule has 1 aliphatic rings. The van der Waals surface area contributed by atoms with Crippen molar-refractivity contribution in [3.63, 3.8) is 0 Å². The average molecular weight is 244 g/mol. The molecule has 2 unspecified atom stereocenters. The average Bonchev–Trinajstić information content (AvgIpc) is 2.70. The van der Waals surface area contributed by atoms with E-state index in [1.165, 1.54) is 6.07 Å². The molecule has 1 heterocycles. The van der Waals surface area contributed by atoms with E-state index in [1.807, 2.05) is 0 Å². The number of carboxylic acid groups (broad SMARTS) is 1. The first-order valence-corrected chi connectivity index (χ1v) is 5.36. The fourth-order valence-corrected chi connectivity index (χ4v) is 2.34. The molecule has 0 bridgehead atoms. The first-order chi connectivity index (χ1) is 7.61. The molecule has 1 saturated heterocycles. The number of rotatable bonds is 2. The zero-order valence-corrected chi connectivity index (χ0v) is 9.17. The van der Waals surface area contributed by atoms with Crippen molar-refractivity contribution in [2.45, 2.75) is 5.92 Å². The smallest absolute Gasteiger partial charge is 0.308 e. The Labute approximate surface area is 97.2 Å². The fourth-order valence-electron chi connectivity index (χ4n) is 2.07. The van der Waals surface area contributed by atoms with Crippen molar-refractivity contribution in [2.75, 3.05) is 13.1 Å². The Balaban J connectivity index is 2.36. The number of aliphatic carboxylic acids is 1. The van der Waals surface area contributed by atoms with Gasteiger partial charge in [-0.15, -0.1) is 0 Å². The van der Waals surface area contributed by atoms with Crippen LogP contribution in [-0.2, 0) is 4.79 Å². The van der Waals surface area contributed by atoms with Crippen LogP contribution in [0.3, 0.4) is 0 Å². The van der Waals surface area contributed by atoms with Crippen LogP contribution in [0, 0.1) is 11.7 Å². The number of hydrogen-bond acceptors (Lipinski definition) is 2. The van der Waals surface area contributed by atoms with Gasteiger partial charge < -0.3 is 10.4 Å². The van der Waals surface area contributed by atoms with Crippen molar-refractivity contribution in [3.8, 4) is 0 Å². The van der Waals surface area contributed by atoms with Gasteiger partial charge in [0.1, 0.15) is 5.82 Å². The number of halogens is 2. The molecule has 2 atom stereocenters. The SMILES string of the molecule is O=C(O)C1CNCC1c1cccc(F)c1Cl. The van der Waals surface area contributed by atoms with Crippen molar-refractivity contribution in [3.05, 3.63) is 34.6 Å². The van der Waals surface area contributed by atoms with Crippen LogP contribution in [0.25, 0.3) is 0 Å². The first-order valence-electron chi connectivity index (χ1n) is 4.98. The van der Waals surface area contributed by atoms with Gasteiger partial charge in [-0.1, -0.05) is 23.7 Å². The minimum Gasteiger partial charge on any atom is -0.481 e. The van der Waals surface area contributed by atoms with Crippen molar-refractivity contribution in [1.29, 1.82) is 0 Å². The predicted octanol–water partition coefficient (Wildman–Crippen LogP) is 1.87. The molecule has 1 aromatic rings. The van der Waals surface area contributed by atoms with Gasteiger partial charge in [-0.25, -0.2) is 4.39 Å². The van der Waals surface area contributed by atoms with Crippen LogP contribution in [0.4, 0.5) is 4.39 Å². The van der Waals surface area contributed by atoms with Crippen LogP contribution in [-0.4, -0.2) is 24.2 Å². The Kier molecular flexibility index (Phi) is 3.12. The summed E-state index contributed by atoms with van der Waals surface area (Å²) in [6, 6.07) is 4.50. The molecular weight excluding hydrogens is 233 g/mol. The molecule has 1 aromatic carbocycles. The molecule has 3 nitrogen and oxygen atoms in total. The Hall–Kier alpha value is -1.13. The Morgan fingerprint density at radius 3 is 2.94 bits per heavy atom. The normalized spacial score (nSPS) is 24.6. The van der Waals surface area contributed by atoms with E-state index in [9.17, 15) is 9.18 Å². The predicted molar refractivity (Wildman–Crippen MR) is 58.1 cm³/mol. The molecule has 0 aromatic heterocycles. The molecule has 2 N–H and O–H groups in total. The summed E-state index contributed by atoms with van der Waals surface area (Å²) in [6.07, 6.45) is 0. The number of carboxylic acids is 1. The molecule has 2 rings (SSSR count). The summed E-state index contributed by atoms with van der Waals surface area (Å²) in [6.45, 7) is 0.910. The van der Waals surface area contributed by atoms with E-state index in [1.54, 1.807) is 12.1 Å². The third kappa shape index (κ3) is 1.90.